The van der Waals surface area contributed by atoms with E-state index in [1.165, 1.54) is 5.39 Å². The summed E-state index contributed by atoms with van der Waals surface area (Å²) in [4.78, 5) is 3.34. The predicted octanol–water partition coefficient (Wildman–Crippen LogP) is 3.61. The third kappa shape index (κ3) is 9.14. The van der Waals surface area contributed by atoms with Crippen LogP contribution in [0.5, 0.6) is 0 Å². The maximum Gasteiger partial charge on any atom is 0.361 e. The van der Waals surface area contributed by atoms with Crippen molar-refractivity contribution in [2.45, 2.75) is 19.2 Å². The summed E-state index contributed by atoms with van der Waals surface area (Å²) in [5, 5.41) is 7.23. The SMILES string of the molecule is COC1=CC(OC)=NN(Cc2ccc3cc(C)[nH]c3c2)N1.Nc1ccccc1.O=S(=O)(O)C(F)F. The molecule has 0 amide bonds. The number of hydrogen-bond donors (Lipinski definition) is 4. The monoisotopic (exact) mass is 511 g/mol. The van der Waals surface area contributed by atoms with Crippen LogP contribution >= 0.6 is 0 Å². The largest absolute Gasteiger partial charge is 0.481 e. The van der Waals surface area contributed by atoms with Crippen molar-refractivity contribution in [3.63, 3.8) is 0 Å². The number of nitrogens with two attached hydrogens (primary N) is 1. The van der Waals surface area contributed by atoms with Gasteiger partial charge >= 0.3 is 15.9 Å². The van der Waals surface area contributed by atoms with E-state index >= 15 is 0 Å². The van der Waals surface area contributed by atoms with Crippen LogP contribution < -0.4 is 11.2 Å². The van der Waals surface area contributed by atoms with Crippen LogP contribution in [0.1, 0.15) is 11.3 Å². The fourth-order valence-corrected chi connectivity index (χ4v) is 2.77. The van der Waals surface area contributed by atoms with Gasteiger partial charge < -0.3 is 20.2 Å². The zero-order valence-electron chi connectivity index (χ0n) is 19.3. The Morgan fingerprint density at radius 3 is 2.29 bits per heavy atom. The van der Waals surface area contributed by atoms with Crippen LogP contribution in [-0.2, 0) is 26.1 Å². The Bertz CT molecular complexity index is 1260. The van der Waals surface area contributed by atoms with E-state index in [2.05, 4.69) is 46.7 Å². The number of nitrogens with zero attached hydrogens (tertiary/aromatic N) is 2. The average Bonchev–Trinajstić information content (AvgIpc) is 3.18. The molecule has 2 heterocycles. The van der Waals surface area contributed by atoms with E-state index in [0.29, 0.717) is 18.3 Å². The van der Waals surface area contributed by atoms with Crippen molar-refractivity contribution >= 4 is 32.6 Å². The van der Waals surface area contributed by atoms with Gasteiger partial charge in [0.2, 0.25) is 11.8 Å². The van der Waals surface area contributed by atoms with Gasteiger partial charge in [0.05, 0.1) is 26.8 Å². The minimum atomic E-state index is -5.07. The van der Waals surface area contributed by atoms with Gasteiger partial charge in [-0.05, 0) is 42.1 Å². The molecule has 0 saturated heterocycles. The number of nitrogen functional groups attached to an aromatic ring is 1. The lowest BCUT2D eigenvalue weighted by atomic mass is 10.1. The number of aromatic nitrogens is 1. The molecule has 1 aromatic heterocycles. The molecule has 0 atom stereocenters. The van der Waals surface area contributed by atoms with Gasteiger partial charge in [-0.1, -0.05) is 30.3 Å². The molecule has 0 aliphatic carbocycles. The van der Waals surface area contributed by atoms with E-state index < -0.39 is 15.9 Å². The van der Waals surface area contributed by atoms with Gasteiger partial charge in [-0.3, -0.25) is 9.98 Å². The molecule has 0 saturated carbocycles. The smallest absolute Gasteiger partial charge is 0.361 e. The summed E-state index contributed by atoms with van der Waals surface area (Å²) >= 11 is 0. The van der Waals surface area contributed by atoms with Gasteiger partial charge in [0.15, 0.2) is 0 Å². The number of aromatic amines is 1. The fraction of sp³-hybridized carbons (Fsp3) is 0.227. The number of hydrazine groups is 1. The number of rotatable bonds is 4. The molecule has 190 valence electrons. The maximum atomic E-state index is 10.7. The van der Waals surface area contributed by atoms with E-state index in [4.69, 9.17) is 28.2 Å². The second kappa shape index (κ2) is 12.6. The molecule has 5 N–H and O–H groups in total. The number of hydrazone groups is 1. The Labute approximate surface area is 201 Å². The summed E-state index contributed by atoms with van der Waals surface area (Å²) in [6, 6.07) is 17.9. The van der Waals surface area contributed by atoms with Gasteiger partial charge in [0.25, 0.3) is 0 Å². The van der Waals surface area contributed by atoms with Crippen LogP contribution in [0.25, 0.3) is 10.9 Å². The third-order valence-electron chi connectivity index (χ3n) is 4.32. The number of nitrogens with one attached hydrogen (secondary N) is 2. The first-order chi connectivity index (χ1) is 16.5. The molecule has 1 aliphatic heterocycles. The van der Waals surface area contributed by atoms with E-state index in [-0.39, 0.29) is 0 Å². The van der Waals surface area contributed by atoms with Crippen LogP contribution in [0.3, 0.4) is 0 Å². The first-order valence-electron chi connectivity index (χ1n) is 10.1. The summed E-state index contributed by atoms with van der Waals surface area (Å²) in [5.41, 5.74) is 12.7. The highest BCUT2D eigenvalue weighted by Gasteiger charge is 2.18. The molecular formula is C22H27F2N5O5S. The first kappa shape index (κ1) is 27.4. The highest BCUT2D eigenvalue weighted by atomic mass is 32.2. The normalized spacial score (nSPS) is 12.9. The number of benzene rings is 2. The van der Waals surface area contributed by atoms with E-state index in [1.807, 2.05) is 30.3 Å². The van der Waals surface area contributed by atoms with Crippen molar-refractivity contribution in [2.75, 3.05) is 20.0 Å². The molecule has 0 bridgehead atoms. The number of para-hydroxylation sites is 1. The zero-order valence-corrected chi connectivity index (χ0v) is 20.1. The molecule has 0 radical (unpaired) electrons. The number of halogens is 2. The Kier molecular flexibility index (Phi) is 9.85. The number of fused-ring (bicyclic) bond motifs is 1. The summed E-state index contributed by atoms with van der Waals surface area (Å²) in [6.07, 6.45) is 1.70. The van der Waals surface area contributed by atoms with Crippen LogP contribution in [0.2, 0.25) is 0 Å². The van der Waals surface area contributed by atoms with Crippen LogP contribution in [0.15, 0.2) is 71.7 Å². The predicted molar refractivity (Wildman–Crippen MR) is 130 cm³/mol. The number of methoxy groups -OCH3 is 2. The highest BCUT2D eigenvalue weighted by molar-refractivity contribution is 7.86. The molecule has 1 aliphatic rings. The molecule has 3 aromatic rings. The number of aryl methyl sites for hydroxylation is 1. The zero-order chi connectivity index (χ0) is 26.0. The molecule has 0 spiro atoms. The Morgan fingerprint density at radius 1 is 1.11 bits per heavy atom. The number of hydrogen-bond acceptors (Lipinski definition) is 8. The number of H-pyrrole nitrogens is 1. The third-order valence-corrected chi connectivity index (χ3v) is 4.77. The highest BCUT2D eigenvalue weighted by Crippen LogP contribution is 2.18. The van der Waals surface area contributed by atoms with Gasteiger partial charge in [-0.15, -0.1) is 5.10 Å². The van der Waals surface area contributed by atoms with Crippen LogP contribution in [0, 0.1) is 6.92 Å². The lowest BCUT2D eigenvalue weighted by Crippen LogP contribution is -2.37. The van der Waals surface area contributed by atoms with Gasteiger partial charge in [0.1, 0.15) is 0 Å². The summed E-state index contributed by atoms with van der Waals surface area (Å²) < 4.78 is 57.4. The fourth-order valence-electron chi connectivity index (χ4n) is 2.77. The van der Waals surface area contributed by atoms with E-state index in [9.17, 15) is 8.78 Å². The summed E-state index contributed by atoms with van der Waals surface area (Å²) in [7, 11) is -1.89. The number of alkyl halides is 2. The van der Waals surface area contributed by atoms with Gasteiger partial charge in [-0.2, -0.15) is 22.3 Å². The number of ether oxygens (including phenoxy) is 2. The first-order valence-corrected chi connectivity index (χ1v) is 11.6. The summed E-state index contributed by atoms with van der Waals surface area (Å²) in [6.45, 7) is 2.65. The molecule has 4 rings (SSSR count). The van der Waals surface area contributed by atoms with Crippen molar-refractivity contribution in [3.8, 4) is 0 Å². The van der Waals surface area contributed by atoms with Crippen molar-refractivity contribution in [2.24, 2.45) is 5.10 Å². The minimum Gasteiger partial charge on any atom is -0.481 e. The van der Waals surface area contributed by atoms with Crippen molar-refractivity contribution < 1.29 is 31.2 Å². The van der Waals surface area contributed by atoms with Crippen LogP contribution in [0.4, 0.5) is 14.5 Å². The van der Waals surface area contributed by atoms with Crippen molar-refractivity contribution in [3.05, 3.63) is 77.8 Å². The Hall–Kier alpha value is -3.84. The molecule has 35 heavy (non-hydrogen) atoms. The lowest BCUT2D eigenvalue weighted by molar-refractivity contribution is 0.127. The topological polar surface area (TPSA) is 142 Å². The molecule has 0 unspecified atom stereocenters. The quantitative estimate of drug-likeness (QED) is 0.307. The second-order valence-corrected chi connectivity index (χ2v) is 8.47. The van der Waals surface area contributed by atoms with E-state index in [0.717, 1.165) is 22.5 Å². The van der Waals surface area contributed by atoms with Crippen molar-refractivity contribution in [1.29, 1.82) is 0 Å². The average molecular weight is 512 g/mol. The number of anilines is 1. The maximum absolute atomic E-state index is 10.7. The van der Waals surface area contributed by atoms with Gasteiger partial charge in [-0.25, -0.2) is 0 Å². The Balaban J connectivity index is 0.000000253. The molecular weight excluding hydrogens is 484 g/mol. The van der Waals surface area contributed by atoms with Gasteiger partial charge in [0, 0.05) is 16.9 Å². The molecule has 13 heteroatoms. The molecule has 2 aromatic carbocycles. The van der Waals surface area contributed by atoms with Crippen molar-refractivity contribution in [1.82, 2.24) is 15.5 Å². The summed E-state index contributed by atoms with van der Waals surface area (Å²) in [5.74, 6) is -2.58. The Morgan fingerprint density at radius 2 is 1.77 bits per heavy atom. The minimum absolute atomic E-state index is 0.502. The van der Waals surface area contributed by atoms with E-state index in [1.54, 1.807) is 25.4 Å². The second-order valence-electron chi connectivity index (χ2n) is 7.08. The molecule has 10 nitrogen and oxygen atoms in total. The lowest BCUT2D eigenvalue weighted by Gasteiger charge is -2.25. The standard InChI is InChI=1S/C15H18N4O2.C6H7N.CH2F2O3S/c1-10-6-12-5-4-11(7-13(12)16-10)9-19-17-14(20-2)8-15(18-19)21-3;7-6-4-2-1-3-5-6;2-1(3)7(4,5)6/h4-8,16-17H,9H2,1-3H3;1-5H,7H2;1H,(H,4,5,6). The molecule has 0 fully saturated rings. The van der Waals surface area contributed by atoms with Crippen LogP contribution in [-0.4, -0.2) is 48.9 Å².